The number of rotatable bonds is 4. The van der Waals surface area contributed by atoms with Gasteiger partial charge in [-0.2, -0.15) is 5.10 Å². The Morgan fingerprint density at radius 2 is 2.00 bits per heavy atom. The number of aromatic nitrogens is 2. The Morgan fingerprint density at radius 3 is 2.73 bits per heavy atom. The molecular formula is C16H19BrN4O. The summed E-state index contributed by atoms with van der Waals surface area (Å²) in [4.78, 5) is 12.2. The second kappa shape index (κ2) is 7.07. The van der Waals surface area contributed by atoms with Gasteiger partial charge in [0.2, 0.25) is 0 Å². The van der Waals surface area contributed by atoms with Gasteiger partial charge in [-0.15, -0.1) is 0 Å². The smallest absolute Gasteiger partial charge is 0.272 e. The highest BCUT2D eigenvalue weighted by molar-refractivity contribution is 9.10. The number of hydrogen-bond donors (Lipinski definition) is 3. The second-order valence-electron chi connectivity index (χ2n) is 5.54. The lowest BCUT2D eigenvalue weighted by Crippen LogP contribution is -2.26. The minimum absolute atomic E-state index is 0.139. The van der Waals surface area contributed by atoms with Crippen LogP contribution in [-0.4, -0.2) is 29.2 Å². The van der Waals surface area contributed by atoms with Crippen molar-refractivity contribution in [2.45, 2.75) is 25.3 Å². The number of H-pyrrole nitrogens is 1. The number of halogens is 1. The molecule has 0 aliphatic carbocycles. The summed E-state index contributed by atoms with van der Waals surface area (Å²) in [5.41, 5.74) is 2.59. The van der Waals surface area contributed by atoms with E-state index in [4.69, 9.17) is 0 Å². The van der Waals surface area contributed by atoms with Gasteiger partial charge in [0.15, 0.2) is 0 Å². The number of nitrogens with one attached hydrogen (secondary N) is 3. The minimum atomic E-state index is -0.139. The number of piperidine rings is 1. The van der Waals surface area contributed by atoms with E-state index >= 15 is 0 Å². The van der Waals surface area contributed by atoms with Gasteiger partial charge in [-0.05, 0) is 49.7 Å². The molecule has 1 saturated heterocycles. The topological polar surface area (TPSA) is 69.8 Å². The molecule has 1 aromatic heterocycles. The molecule has 1 aliphatic heterocycles. The van der Waals surface area contributed by atoms with E-state index < -0.39 is 0 Å². The van der Waals surface area contributed by atoms with Crippen molar-refractivity contribution in [3.8, 4) is 0 Å². The molecule has 116 valence electrons. The third kappa shape index (κ3) is 3.75. The molecule has 0 atom stereocenters. The summed E-state index contributed by atoms with van der Waals surface area (Å²) in [6.45, 7) is 2.55. The summed E-state index contributed by atoms with van der Waals surface area (Å²) in [7, 11) is 0. The Kier molecular flexibility index (Phi) is 4.90. The number of aromatic amines is 1. The fraction of sp³-hybridized carbons (Fsp3) is 0.375. The quantitative estimate of drug-likeness (QED) is 0.782. The van der Waals surface area contributed by atoms with Crippen molar-refractivity contribution in [2.75, 3.05) is 13.1 Å². The van der Waals surface area contributed by atoms with Crippen molar-refractivity contribution in [3.05, 3.63) is 51.8 Å². The molecular weight excluding hydrogens is 344 g/mol. The van der Waals surface area contributed by atoms with E-state index in [9.17, 15) is 4.79 Å². The largest absolute Gasteiger partial charge is 0.347 e. The molecule has 3 rings (SSSR count). The zero-order valence-corrected chi connectivity index (χ0v) is 13.8. The van der Waals surface area contributed by atoms with E-state index in [1.165, 1.54) is 0 Å². The first kappa shape index (κ1) is 15.2. The van der Waals surface area contributed by atoms with Crippen LogP contribution in [0, 0.1) is 0 Å². The number of benzene rings is 1. The third-order valence-corrected chi connectivity index (χ3v) is 4.50. The van der Waals surface area contributed by atoms with Crippen molar-refractivity contribution >= 4 is 21.8 Å². The minimum Gasteiger partial charge on any atom is -0.347 e. The van der Waals surface area contributed by atoms with Crippen LogP contribution in [0.25, 0.3) is 0 Å². The van der Waals surface area contributed by atoms with Gasteiger partial charge < -0.3 is 10.6 Å². The van der Waals surface area contributed by atoms with E-state index in [1.54, 1.807) is 0 Å². The Hall–Kier alpha value is -1.66. The highest BCUT2D eigenvalue weighted by atomic mass is 79.9. The first-order valence-corrected chi connectivity index (χ1v) is 8.30. The molecule has 1 aliphatic rings. The maximum absolute atomic E-state index is 12.2. The molecule has 0 radical (unpaired) electrons. The molecule has 5 nitrogen and oxygen atoms in total. The fourth-order valence-electron chi connectivity index (χ4n) is 2.67. The number of hydrogen-bond acceptors (Lipinski definition) is 3. The molecule has 6 heteroatoms. The van der Waals surface area contributed by atoms with E-state index in [2.05, 4.69) is 36.8 Å². The Balaban J connectivity index is 1.58. The summed E-state index contributed by atoms with van der Waals surface area (Å²) in [6, 6.07) is 9.77. The molecule has 0 spiro atoms. The van der Waals surface area contributed by atoms with Crippen molar-refractivity contribution in [1.29, 1.82) is 0 Å². The molecule has 22 heavy (non-hydrogen) atoms. The number of nitrogens with zero attached hydrogens (tertiary/aromatic N) is 1. The molecule has 1 aromatic carbocycles. The van der Waals surface area contributed by atoms with Crippen LogP contribution in [0.1, 0.15) is 40.5 Å². The fourth-order valence-corrected chi connectivity index (χ4v) is 2.93. The van der Waals surface area contributed by atoms with Crippen molar-refractivity contribution in [3.63, 3.8) is 0 Å². The van der Waals surface area contributed by atoms with Crippen molar-refractivity contribution < 1.29 is 4.79 Å². The van der Waals surface area contributed by atoms with Crippen molar-refractivity contribution in [1.82, 2.24) is 20.8 Å². The predicted octanol–water partition coefficient (Wildman–Crippen LogP) is 2.57. The van der Waals surface area contributed by atoms with E-state index in [-0.39, 0.29) is 5.91 Å². The summed E-state index contributed by atoms with van der Waals surface area (Å²) >= 11 is 3.40. The van der Waals surface area contributed by atoms with Gasteiger partial charge in [-0.25, -0.2) is 0 Å². The summed E-state index contributed by atoms with van der Waals surface area (Å²) in [5.74, 6) is 0.334. The summed E-state index contributed by atoms with van der Waals surface area (Å²) < 4.78 is 1.03. The molecule has 2 aromatic rings. The zero-order valence-electron chi connectivity index (χ0n) is 12.2. The maximum atomic E-state index is 12.2. The average Bonchev–Trinajstić information content (AvgIpc) is 3.05. The normalized spacial score (nSPS) is 15.7. The van der Waals surface area contributed by atoms with E-state index in [0.29, 0.717) is 18.2 Å². The van der Waals surface area contributed by atoms with Crippen LogP contribution in [0.4, 0.5) is 0 Å². The summed E-state index contributed by atoms with van der Waals surface area (Å²) in [5, 5.41) is 13.4. The third-order valence-electron chi connectivity index (χ3n) is 3.98. The molecule has 1 amide bonds. The Bertz CT molecular complexity index is 632. The SMILES string of the molecule is O=C(NCc1ccc(Br)cc1)c1cc(C2CCNCC2)[nH]n1. The molecule has 3 N–H and O–H groups in total. The highest BCUT2D eigenvalue weighted by Gasteiger charge is 2.19. The number of carbonyl (C=O) groups excluding carboxylic acids is 1. The Labute approximate surface area is 138 Å². The van der Waals surface area contributed by atoms with Gasteiger partial charge in [0, 0.05) is 22.6 Å². The lowest BCUT2D eigenvalue weighted by molar-refractivity contribution is 0.0946. The van der Waals surface area contributed by atoms with Gasteiger partial charge in [-0.1, -0.05) is 28.1 Å². The van der Waals surface area contributed by atoms with Gasteiger partial charge in [-0.3, -0.25) is 9.89 Å². The maximum Gasteiger partial charge on any atom is 0.272 e. The summed E-state index contributed by atoms with van der Waals surface area (Å²) in [6.07, 6.45) is 2.17. The van der Waals surface area contributed by atoms with E-state index in [0.717, 1.165) is 41.7 Å². The van der Waals surface area contributed by atoms with Gasteiger partial charge in [0.1, 0.15) is 5.69 Å². The first-order chi connectivity index (χ1) is 10.7. The van der Waals surface area contributed by atoms with Gasteiger partial charge >= 0.3 is 0 Å². The van der Waals surface area contributed by atoms with Crippen molar-refractivity contribution in [2.24, 2.45) is 0 Å². The second-order valence-corrected chi connectivity index (χ2v) is 6.46. The van der Waals surface area contributed by atoms with Crippen LogP contribution < -0.4 is 10.6 Å². The Morgan fingerprint density at radius 1 is 1.27 bits per heavy atom. The molecule has 2 heterocycles. The molecule has 1 fully saturated rings. The highest BCUT2D eigenvalue weighted by Crippen LogP contribution is 2.23. The molecule has 0 saturated carbocycles. The van der Waals surface area contributed by atoms with Crippen LogP contribution >= 0.6 is 15.9 Å². The number of carbonyl (C=O) groups is 1. The van der Waals surface area contributed by atoms with Crippen LogP contribution in [0.5, 0.6) is 0 Å². The van der Waals surface area contributed by atoms with Crippen LogP contribution in [0.2, 0.25) is 0 Å². The lowest BCUT2D eigenvalue weighted by atomic mass is 9.94. The standard InChI is InChI=1S/C16H19BrN4O/c17-13-3-1-11(2-4-13)10-19-16(22)15-9-14(20-21-15)12-5-7-18-8-6-12/h1-4,9,12,18H,5-8,10H2,(H,19,22)(H,20,21). The first-order valence-electron chi connectivity index (χ1n) is 7.51. The predicted molar refractivity (Wildman–Crippen MR) is 88.7 cm³/mol. The number of amides is 1. The lowest BCUT2D eigenvalue weighted by Gasteiger charge is -2.20. The van der Waals surface area contributed by atoms with Crippen LogP contribution in [0.3, 0.4) is 0 Å². The van der Waals surface area contributed by atoms with Crippen LogP contribution in [-0.2, 0) is 6.54 Å². The van der Waals surface area contributed by atoms with Gasteiger partial charge in [0.05, 0.1) is 0 Å². The van der Waals surface area contributed by atoms with Gasteiger partial charge in [0.25, 0.3) is 5.91 Å². The van der Waals surface area contributed by atoms with E-state index in [1.807, 2.05) is 30.3 Å². The zero-order chi connectivity index (χ0) is 15.4. The molecule has 0 unspecified atom stereocenters. The average molecular weight is 363 g/mol. The van der Waals surface area contributed by atoms with Crippen LogP contribution in [0.15, 0.2) is 34.8 Å². The molecule has 0 bridgehead atoms. The monoisotopic (exact) mass is 362 g/mol.